The molecule has 1 fully saturated rings. The summed E-state index contributed by atoms with van der Waals surface area (Å²) in [4.78, 5) is 35.3. The molecule has 0 heterocycles. The van der Waals surface area contributed by atoms with E-state index in [9.17, 15) is 14.4 Å². The highest BCUT2D eigenvalue weighted by Crippen LogP contribution is 2.44. The summed E-state index contributed by atoms with van der Waals surface area (Å²) in [5, 5.41) is 14.6. The Morgan fingerprint density at radius 1 is 1.00 bits per heavy atom. The molecule has 0 radical (unpaired) electrons. The van der Waals surface area contributed by atoms with Crippen molar-refractivity contribution in [3.63, 3.8) is 0 Å². The van der Waals surface area contributed by atoms with Crippen LogP contribution in [0, 0.1) is 17.8 Å². The molecule has 7 nitrogen and oxygen atoms in total. The Bertz CT molecular complexity index is 1020. The number of nitrogens with one attached hydrogen (secondary N) is 2. The van der Waals surface area contributed by atoms with Gasteiger partial charge in [-0.05, 0) is 53.4 Å². The lowest BCUT2D eigenvalue weighted by Crippen LogP contribution is -2.29. The number of alkyl carbamates (subject to hydrolysis) is 1. The summed E-state index contributed by atoms with van der Waals surface area (Å²) >= 11 is 0. The Hall–Kier alpha value is -3.35. The molecule has 0 aromatic heterocycles. The molecule has 1 saturated carbocycles. The molecule has 7 heteroatoms. The van der Waals surface area contributed by atoms with E-state index in [4.69, 9.17) is 9.84 Å². The lowest BCUT2D eigenvalue weighted by atomic mass is 9.96. The van der Waals surface area contributed by atoms with Crippen molar-refractivity contribution >= 4 is 18.0 Å². The van der Waals surface area contributed by atoms with Crippen LogP contribution < -0.4 is 10.6 Å². The summed E-state index contributed by atoms with van der Waals surface area (Å²) in [6, 6.07) is 16.5. The van der Waals surface area contributed by atoms with Crippen molar-refractivity contribution < 1.29 is 24.2 Å². The minimum absolute atomic E-state index is 0.0380. The number of carboxylic acids is 1. The Morgan fingerprint density at radius 2 is 1.66 bits per heavy atom. The highest BCUT2D eigenvalue weighted by Gasteiger charge is 2.42. The maximum atomic E-state index is 12.3. The van der Waals surface area contributed by atoms with Crippen LogP contribution >= 0.6 is 0 Å². The molecule has 186 valence electrons. The Labute approximate surface area is 206 Å². The topological polar surface area (TPSA) is 105 Å². The summed E-state index contributed by atoms with van der Waals surface area (Å²) in [5.41, 5.74) is 4.77. The van der Waals surface area contributed by atoms with E-state index in [1.807, 2.05) is 24.3 Å². The normalized spacial score (nSPS) is 18.8. The van der Waals surface area contributed by atoms with Gasteiger partial charge in [0.15, 0.2) is 0 Å². The summed E-state index contributed by atoms with van der Waals surface area (Å²) in [7, 11) is 0. The van der Waals surface area contributed by atoms with Crippen LogP contribution in [0.15, 0.2) is 48.5 Å². The van der Waals surface area contributed by atoms with Crippen molar-refractivity contribution in [2.75, 3.05) is 19.7 Å². The van der Waals surface area contributed by atoms with Gasteiger partial charge in [0.05, 0.1) is 5.92 Å². The monoisotopic (exact) mass is 478 g/mol. The van der Waals surface area contributed by atoms with Gasteiger partial charge in [0.1, 0.15) is 6.61 Å². The zero-order valence-electron chi connectivity index (χ0n) is 20.2. The maximum absolute atomic E-state index is 12.3. The quantitative estimate of drug-likeness (QED) is 0.415. The molecular formula is C28H34N2O5. The van der Waals surface area contributed by atoms with Crippen molar-refractivity contribution in [3.05, 3.63) is 59.7 Å². The fourth-order valence-electron chi connectivity index (χ4n) is 5.02. The van der Waals surface area contributed by atoms with Gasteiger partial charge in [0, 0.05) is 25.4 Å². The number of rotatable bonds is 12. The molecular weight excluding hydrogens is 444 g/mol. The molecule has 2 aliphatic carbocycles. The summed E-state index contributed by atoms with van der Waals surface area (Å²) < 4.78 is 5.58. The average Bonchev–Trinajstić information content (AvgIpc) is 3.59. The van der Waals surface area contributed by atoms with Gasteiger partial charge in [-0.25, -0.2) is 4.79 Å². The SMILES string of the molecule is CCC(CCNC(=O)OCC1c2ccccc2-c2ccccc21)CCC(=O)NC[C@@H]1C[C@@H]1C(=O)O. The second kappa shape index (κ2) is 11.4. The van der Waals surface area contributed by atoms with Crippen LogP contribution in [0.25, 0.3) is 11.1 Å². The third kappa shape index (κ3) is 6.21. The number of benzene rings is 2. The highest BCUT2D eigenvalue weighted by molar-refractivity contribution is 5.79. The standard InChI is InChI=1S/C28H34N2O5/c1-2-18(11-12-26(31)30-16-19-15-24(19)27(32)33)13-14-29-28(34)35-17-25-22-9-5-3-7-20(22)21-8-4-6-10-23(21)25/h3-10,18-19,24-25H,2,11-17H2,1H3,(H,29,34)(H,30,31)(H,32,33)/t18?,19-,24-/m0/s1. The van der Waals surface area contributed by atoms with Gasteiger partial charge >= 0.3 is 12.1 Å². The van der Waals surface area contributed by atoms with Crippen LogP contribution in [0.1, 0.15) is 56.1 Å². The molecule has 35 heavy (non-hydrogen) atoms. The molecule has 0 spiro atoms. The molecule has 4 rings (SSSR count). The predicted octanol–water partition coefficient (Wildman–Crippen LogP) is 4.56. The Kier molecular flexibility index (Phi) is 8.06. The van der Waals surface area contributed by atoms with Gasteiger partial charge in [-0.3, -0.25) is 9.59 Å². The molecule has 3 atom stereocenters. The van der Waals surface area contributed by atoms with Crippen LogP contribution in [0.2, 0.25) is 0 Å². The molecule has 2 aromatic carbocycles. The van der Waals surface area contributed by atoms with Crippen LogP contribution in [0.4, 0.5) is 4.79 Å². The largest absolute Gasteiger partial charge is 0.481 e. The number of carbonyl (C=O) groups is 3. The van der Waals surface area contributed by atoms with Crippen LogP contribution in [0.5, 0.6) is 0 Å². The minimum atomic E-state index is -0.779. The van der Waals surface area contributed by atoms with Crippen LogP contribution in [-0.4, -0.2) is 42.8 Å². The van der Waals surface area contributed by atoms with Crippen molar-refractivity contribution in [1.82, 2.24) is 10.6 Å². The number of ether oxygens (including phenoxy) is 1. The number of amides is 2. The van der Waals surface area contributed by atoms with Crippen molar-refractivity contribution in [2.45, 2.75) is 44.9 Å². The number of hydrogen-bond acceptors (Lipinski definition) is 4. The molecule has 1 unspecified atom stereocenters. The zero-order chi connectivity index (χ0) is 24.8. The van der Waals surface area contributed by atoms with E-state index in [-0.39, 0.29) is 23.7 Å². The summed E-state index contributed by atoms with van der Waals surface area (Å²) in [6.45, 7) is 3.31. The van der Waals surface area contributed by atoms with E-state index < -0.39 is 12.1 Å². The van der Waals surface area contributed by atoms with E-state index in [2.05, 4.69) is 41.8 Å². The van der Waals surface area contributed by atoms with Crippen molar-refractivity contribution in [3.8, 4) is 11.1 Å². The first-order chi connectivity index (χ1) is 17.0. The molecule has 0 aliphatic heterocycles. The first kappa shape index (κ1) is 24.8. The van der Waals surface area contributed by atoms with Gasteiger partial charge in [0.25, 0.3) is 0 Å². The number of carbonyl (C=O) groups excluding carboxylic acids is 2. The fourth-order valence-corrected chi connectivity index (χ4v) is 5.02. The third-order valence-electron chi connectivity index (χ3n) is 7.32. The molecule has 0 bridgehead atoms. The van der Waals surface area contributed by atoms with E-state index in [1.54, 1.807) is 0 Å². The van der Waals surface area contributed by atoms with Gasteiger partial charge < -0.3 is 20.5 Å². The number of fused-ring (bicyclic) bond motifs is 3. The van der Waals surface area contributed by atoms with Crippen LogP contribution in [0.3, 0.4) is 0 Å². The smallest absolute Gasteiger partial charge is 0.407 e. The number of hydrogen-bond donors (Lipinski definition) is 3. The Morgan fingerprint density at radius 3 is 2.26 bits per heavy atom. The number of carboxylic acid groups (broad SMARTS) is 1. The van der Waals surface area contributed by atoms with Gasteiger partial charge in [-0.2, -0.15) is 0 Å². The zero-order valence-corrected chi connectivity index (χ0v) is 20.2. The van der Waals surface area contributed by atoms with Crippen LogP contribution in [-0.2, 0) is 14.3 Å². The molecule has 0 saturated heterocycles. The predicted molar refractivity (Wildman–Crippen MR) is 133 cm³/mol. The van der Waals surface area contributed by atoms with E-state index >= 15 is 0 Å². The second-order valence-electron chi connectivity index (χ2n) is 9.60. The number of aliphatic carboxylic acids is 1. The summed E-state index contributed by atoms with van der Waals surface area (Å²) in [6.07, 6.45) is 3.07. The maximum Gasteiger partial charge on any atom is 0.407 e. The lowest BCUT2D eigenvalue weighted by Gasteiger charge is -2.17. The molecule has 2 aromatic rings. The fraction of sp³-hybridized carbons (Fsp3) is 0.464. The third-order valence-corrected chi connectivity index (χ3v) is 7.32. The summed E-state index contributed by atoms with van der Waals surface area (Å²) in [5.74, 6) is -0.690. The van der Waals surface area contributed by atoms with E-state index in [0.717, 1.165) is 19.3 Å². The van der Waals surface area contributed by atoms with Gasteiger partial charge in [-0.1, -0.05) is 61.9 Å². The molecule has 2 aliphatic rings. The second-order valence-corrected chi connectivity index (χ2v) is 9.60. The minimum Gasteiger partial charge on any atom is -0.481 e. The van der Waals surface area contributed by atoms with E-state index in [1.165, 1.54) is 22.3 Å². The molecule has 2 amide bonds. The Balaban J connectivity index is 1.15. The average molecular weight is 479 g/mol. The first-order valence-corrected chi connectivity index (χ1v) is 12.6. The lowest BCUT2D eigenvalue weighted by molar-refractivity contribution is -0.139. The van der Waals surface area contributed by atoms with Gasteiger partial charge in [0.2, 0.25) is 5.91 Å². The highest BCUT2D eigenvalue weighted by atomic mass is 16.5. The van der Waals surface area contributed by atoms with Gasteiger partial charge in [-0.15, -0.1) is 0 Å². The van der Waals surface area contributed by atoms with Crippen molar-refractivity contribution in [2.24, 2.45) is 17.8 Å². The van der Waals surface area contributed by atoms with Crippen molar-refractivity contribution in [1.29, 1.82) is 0 Å². The molecule has 3 N–H and O–H groups in total. The first-order valence-electron chi connectivity index (χ1n) is 12.6. The van der Waals surface area contributed by atoms with E-state index in [0.29, 0.717) is 38.5 Å².